The third kappa shape index (κ3) is 4.60. The van der Waals surface area contributed by atoms with E-state index in [2.05, 4.69) is 16.8 Å². The van der Waals surface area contributed by atoms with Crippen LogP contribution in [0.4, 0.5) is 10.5 Å². The second-order valence-electron chi connectivity index (χ2n) is 6.42. The van der Waals surface area contributed by atoms with Crippen molar-refractivity contribution in [3.8, 4) is 5.75 Å². The molecule has 0 aliphatic carbocycles. The molecule has 2 heterocycles. The van der Waals surface area contributed by atoms with Crippen LogP contribution in [0.5, 0.6) is 5.75 Å². The molecule has 8 heteroatoms. The minimum absolute atomic E-state index is 0.0327. The van der Waals surface area contributed by atoms with Crippen molar-refractivity contribution in [1.82, 2.24) is 10.2 Å². The molecule has 0 radical (unpaired) electrons. The summed E-state index contributed by atoms with van der Waals surface area (Å²) < 4.78 is 5.81. The SMILES string of the molecule is C=C1SC(=O)NC1=O.CN1C(=O)c2ccccc2N(C)C1COc1ccccc1. The summed E-state index contributed by atoms with van der Waals surface area (Å²) in [6.45, 7) is 3.74. The molecule has 3 amide bonds. The second-order valence-corrected chi connectivity index (χ2v) is 7.48. The van der Waals surface area contributed by atoms with E-state index in [1.165, 1.54) is 0 Å². The molecule has 1 unspecified atom stereocenters. The third-order valence-corrected chi connectivity index (χ3v) is 5.28. The molecule has 1 N–H and O–H groups in total. The Balaban J connectivity index is 0.000000252. The highest BCUT2D eigenvalue weighted by molar-refractivity contribution is 8.18. The quantitative estimate of drug-likeness (QED) is 0.782. The Kier molecular flexibility index (Phi) is 6.23. The maximum absolute atomic E-state index is 12.4. The number of rotatable bonds is 3. The number of fused-ring (bicyclic) bond motifs is 1. The van der Waals surface area contributed by atoms with Crippen molar-refractivity contribution in [2.24, 2.45) is 0 Å². The van der Waals surface area contributed by atoms with Gasteiger partial charge in [0.1, 0.15) is 18.5 Å². The Hall–Kier alpha value is -3.26. The minimum Gasteiger partial charge on any atom is -0.489 e. The minimum atomic E-state index is -0.375. The van der Waals surface area contributed by atoms with E-state index >= 15 is 0 Å². The zero-order chi connectivity index (χ0) is 21.0. The first-order chi connectivity index (χ1) is 13.9. The standard InChI is InChI=1S/C17H18N2O2.C4H3NO2S/c1-18-15-11-7-6-10-14(15)17(20)19(2)16(18)12-21-13-8-4-3-5-9-13;1-2-3(6)5-4(7)8-2/h3-11,16H,12H2,1-2H3;1H2,(H,5,6,7). The lowest BCUT2D eigenvalue weighted by Crippen LogP contribution is -2.54. The Morgan fingerprint density at radius 3 is 2.24 bits per heavy atom. The van der Waals surface area contributed by atoms with Crippen LogP contribution >= 0.6 is 11.8 Å². The van der Waals surface area contributed by atoms with Gasteiger partial charge in [-0.15, -0.1) is 0 Å². The number of amides is 3. The predicted octanol–water partition coefficient (Wildman–Crippen LogP) is 3.10. The van der Waals surface area contributed by atoms with Crippen molar-refractivity contribution >= 4 is 34.5 Å². The first kappa shape index (κ1) is 20.5. The molecule has 0 aromatic heterocycles. The molecule has 0 spiro atoms. The average molecular weight is 411 g/mol. The molecule has 2 aliphatic rings. The van der Waals surface area contributed by atoms with Gasteiger partial charge < -0.3 is 14.5 Å². The molecule has 150 valence electrons. The van der Waals surface area contributed by atoms with Crippen molar-refractivity contribution < 1.29 is 19.1 Å². The van der Waals surface area contributed by atoms with Gasteiger partial charge in [0.05, 0.1) is 16.2 Å². The molecule has 7 nitrogen and oxygen atoms in total. The van der Waals surface area contributed by atoms with E-state index in [-0.39, 0.29) is 28.1 Å². The predicted molar refractivity (Wildman–Crippen MR) is 113 cm³/mol. The van der Waals surface area contributed by atoms with Gasteiger partial charge in [0.15, 0.2) is 0 Å². The van der Waals surface area contributed by atoms with Crippen LogP contribution < -0.4 is 15.0 Å². The zero-order valence-corrected chi connectivity index (χ0v) is 16.9. The number of carbonyl (C=O) groups excluding carboxylic acids is 3. The summed E-state index contributed by atoms with van der Waals surface area (Å²) in [5, 5.41) is 1.72. The Morgan fingerprint density at radius 1 is 1.00 bits per heavy atom. The van der Waals surface area contributed by atoms with E-state index in [4.69, 9.17) is 4.74 Å². The van der Waals surface area contributed by atoms with Gasteiger partial charge in [-0.25, -0.2) is 0 Å². The first-order valence-electron chi connectivity index (χ1n) is 8.87. The number of para-hydroxylation sites is 2. The number of nitrogens with zero attached hydrogens (tertiary/aromatic N) is 2. The summed E-state index contributed by atoms with van der Waals surface area (Å²) in [5.74, 6) is 0.468. The van der Waals surface area contributed by atoms with Crippen LogP contribution in [0.1, 0.15) is 10.4 Å². The Morgan fingerprint density at radius 2 is 1.66 bits per heavy atom. The zero-order valence-electron chi connectivity index (χ0n) is 16.1. The number of anilines is 1. The van der Waals surface area contributed by atoms with Crippen LogP contribution in [0.3, 0.4) is 0 Å². The number of thioether (sulfide) groups is 1. The van der Waals surface area contributed by atoms with Gasteiger partial charge in [0.25, 0.3) is 17.1 Å². The smallest absolute Gasteiger partial charge is 0.290 e. The maximum atomic E-state index is 12.4. The van der Waals surface area contributed by atoms with Crippen molar-refractivity contribution in [3.63, 3.8) is 0 Å². The van der Waals surface area contributed by atoms with E-state index < -0.39 is 0 Å². The van der Waals surface area contributed by atoms with Crippen molar-refractivity contribution in [2.75, 3.05) is 25.6 Å². The van der Waals surface area contributed by atoms with Gasteiger partial charge in [-0.2, -0.15) is 0 Å². The number of hydrogen-bond donors (Lipinski definition) is 1. The molecule has 0 saturated carbocycles. The van der Waals surface area contributed by atoms with Gasteiger partial charge in [-0.1, -0.05) is 36.9 Å². The number of imide groups is 1. The summed E-state index contributed by atoms with van der Waals surface area (Å²) >= 11 is 0.834. The molecule has 1 saturated heterocycles. The first-order valence-corrected chi connectivity index (χ1v) is 9.69. The number of benzene rings is 2. The van der Waals surface area contributed by atoms with Crippen LogP contribution in [-0.2, 0) is 4.79 Å². The van der Waals surface area contributed by atoms with Crippen LogP contribution in [0.2, 0.25) is 0 Å². The van der Waals surface area contributed by atoms with E-state index in [9.17, 15) is 14.4 Å². The fourth-order valence-electron chi connectivity index (χ4n) is 2.97. The lowest BCUT2D eigenvalue weighted by atomic mass is 10.1. The van der Waals surface area contributed by atoms with Crippen LogP contribution in [0.15, 0.2) is 66.1 Å². The number of likely N-dealkylation sites (N-methyl/N-ethyl adjacent to an activating group) is 2. The highest BCUT2D eigenvalue weighted by Crippen LogP contribution is 2.29. The third-order valence-electron chi connectivity index (χ3n) is 4.56. The molecular formula is C21H21N3O4S. The molecule has 0 bridgehead atoms. The van der Waals surface area contributed by atoms with Gasteiger partial charge in [-0.3, -0.25) is 19.7 Å². The Labute approximate surface area is 173 Å². The van der Waals surface area contributed by atoms with Crippen LogP contribution in [0.25, 0.3) is 0 Å². The van der Waals surface area contributed by atoms with E-state index in [0.29, 0.717) is 6.61 Å². The maximum Gasteiger partial charge on any atom is 0.290 e. The average Bonchev–Trinajstić information content (AvgIpc) is 3.02. The highest BCUT2D eigenvalue weighted by atomic mass is 32.2. The van der Waals surface area contributed by atoms with Gasteiger partial charge in [-0.05, 0) is 36.0 Å². The van der Waals surface area contributed by atoms with Gasteiger partial charge >= 0.3 is 0 Å². The van der Waals surface area contributed by atoms with E-state index in [1.54, 1.807) is 4.90 Å². The number of hydrogen-bond acceptors (Lipinski definition) is 6. The molecule has 2 aliphatic heterocycles. The second kappa shape index (κ2) is 8.83. The molecule has 2 aromatic rings. The van der Waals surface area contributed by atoms with Gasteiger partial charge in [0.2, 0.25) is 0 Å². The summed E-state index contributed by atoms with van der Waals surface area (Å²) in [6.07, 6.45) is -0.118. The summed E-state index contributed by atoms with van der Waals surface area (Å²) in [6, 6.07) is 17.3. The monoisotopic (exact) mass is 411 g/mol. The molecule has 2 aromatic carbocycles. The highest BCUT2D eigenvalue weighted by Gasteiger charge is 2.33. The molecular weight excluding hydrogens is 390 g/mol. The lowest BCUT2D eigenvalue weighted by Gasteiger charge is -2.41. The molecule has 1 fully saturated rings. The van der Waals surface area contributed by atoms with Crippen LogP contribution in [-0.4, -0.2) is 48.8 Å². The van der Waals surface area contributed by atoms with Crippen molar-refractivity contribution in [1.29, 1.82) is 0 Å². The molecule has 1 atom stereocenters. The van der Waals surface area contributed by atoms with Crippen molar-refractivity contribution in [2.45, 2.75) is 6.17 Å². The topological polar surface area (TPSA) is 79.0 Å². The number of carbonyl (C=O) groups is 3. The van der Waals surface area contributed by atoms with E-state index in [1.807, 2.05) is 68.7 Å². The van der Waals surface area contributed by atoms with Crippen molar-refractivity contribution in [3.05, 3.63) is 71.6 Å². The summed E-state index contributed by atoms with van der Waals surface area (Å²) in [4.78, 5) is 37.1. The van der Waals surface area contributed by atoms with Crippen LogP contribution in [0, 0.1) is 0 Å². The Bertz CT molecular complexity index is 930. The number of ether oxygens (including phenoxy) is 1. The summed E-state index contributed by atoms with van der Waals surface area (Å²) in [5.41, 5.74) is 1.68. The largest absolute Gasteiger partial charge is 0.489 e. The fourth-order valence-corrected chi connectivity index (χ4v) is 3.48. The molecule has 4 rings (SSSR count). The van der Waals surface area contributed by atoms with E-state index in [0.717, 1.165) is 28.8 Å². The fraction of sp³-hybridized carbons (Fsp3) is 0.190. The normalized spacial score (nSPS) is 18.1. The number of nitrogens with one attached hydrogen (secondary N) is 1. The molecule has 29 heavy (non-hydrogen) atoms. The summed E-state index contributed by atoms with van der Waals surface area (Å²) in [7, 11) is 3.80. The van der Waals surface area contributed by atoms with Gasteiger partial charge in [0, 0.05) is 14.1 Å². The lowest BCUT2D eigenvalue weighted by molar-refractivity contribution is -0.115.